The minimum atomic E-state index is -0.116. The fraction of sp³-hybridized carbons (Fsp3) is 0.636. The minimum Gasteiger partial charge on any atom is -0.378 e. The Hall–Kier alpha value is -2.16. The number of rotatable bonds is 7. The van der Waals surface area contributed by atoms with E-state index in [1.807, 2.05) is 32.9 Å². The smallest absolute Gasteiger partial charge is 0.282 e. The van der Waals surface area contributed by atoms with Crippen molar-refractivity contribution in [3.63, 3.8) is 0 Å². The van der Waals surface area contributed by atoms with Crippen molar-refractivity contribution in [2.45, 2.75) is 32.9 Å². The van der Waals surface area contributed by atoms with E-state index in [0.717, 1.165) is 63.9 Å². The molecule has 3 rings (SSSR count). The van der Waals surface area contributed by atoms with Crippen LogP contribution < -0.4 is 25.3 Å². The molecule has 4 N–H and O–H groups in total. The van der Waals surface area contributed by atoms with Crippen molar-refractivity contribution in [2.75, 3.05) is 69.2 Å². The maximum absolute atomic E-state index is 12.7. The first-order chi connectivity index (χ1) is 14.4. The summed E-state index contributed by atoms with van der Waals surface area (Å²) in [6.07, 6.45) is 0. The zero-order valence-corrected chi connectivity index (χ0v) is 18.5. The maximum atomic E-state index is 12.7. The van der Waals surface area contributed by atoms with Gasteiger partial charge in [0.15, 0.2) is 12.6 Å². The summed E-state index contributed by atoms with van der Waals surface area (Å²) >= 11 is 0. The summed E-state index contributed by atoms with van der Waals surface area (Å²) in [7, 11) is 0. The van der Waals surface area contributed by atoms with Gasteiger partial charge in [-0.2, -0.15) is 0 Å². The molecule has 30 heavy (non-hydrogen) atoms. The van der Waals surface area contributed by atoms with E-state index < -0.39 is 0 Å². The molecule has 0 aromatic heterocycles. The first-order valence-electron chi connectivity index (χ1n) is 11.1. The van der Waals surface area contributed by atoms with Crippen LogP contribution in [0.5, 0.6) is 0 Å². The van der Waals surface area contributed by atoms with Crippen molar-refractivity contribution in [3.05, 3.63) is 24.3 Å². The van der Waals surface area contributed by atoms with Gasteiger partial charge < -0.3 is 30.1 Å². The third kappa shape index (κ3) is 6.42. The summed E-state index contributed by atoms with van der Waals surface area (Å²) in [4.78, 5) is 29.6. The first kappa shape index (κ1) is 22.5. The van der Waals surface area contributed by atoms with Gasteiger partial charge in [0.25, 0.3) is 11.8 Å². The SMILES string of the molecule is CC(C)NC(=O)C[NH+]1CC[NH+]([C@@H](C)C(=O)Nc2ccc(N3CCOCC3)cc2)CC1. The number of carbonyl (C=O) groups excluding carboxylic acids is 2. The number of amides is 2. The quantitative estimate of drug-likeness (QED) is 0.419. The summed E-state index contributed by atoms with van der Waals surface area (Å²) in [5, 5.41) is 6.01. The van der Waals surface area contributed by atoms with Gasteiger partial charge in [0.05, 0.1) is 13.2 Å². The molecule has 2 amide bonds. The van der Waals surface area contributed by atoms with Crippen LogP contribution in [0.1, 0.15) is 20.8 Å². The fourth-order valence-electron chi connectivity index (χ4n) is 4.15. The summed E-state index contributed by atoms with van der Waals surface area (Å²) in [5.74, 6) is 0.153. The molecule has 2 aliphatic rings. The Labute approximate surface area is 179 Å². The molecule has 2 fully saturated rings. The lowest BCUT2D eigenvalue weighted by Gasteiger charge is -2.32. The molecule has 0 radical (unpaired) electrons. The third-order valence-corrected chi connectivity index (χ3v) is 5.98. The van der Waals surface area contributed by atoms with Crippen LogP contribution in [-0.2, 0) is 14.3 Å². The maximum Gasteiger partial charge on any atom is 0.282 e. The summed E-state index contributed by atoms with van der Waals surface area (Å²) in [5.41, 5.74) is 1.99. The molecule has 0 aliphatic carbocycles. The van der Waals surface area contributed by atoms with Gasteiger partial charge in [0.1, 0.15) is 26.2 Å². The monoisotopic (exact) mass is 419 g/mol. The molecule has 0 spiro atoms. The molecular weight excluding hydrogens is 382 g/mol. The Morgan fingerprint density at radius 2 is 1.67 bits per heavy atom. The van der Waals surface area contributed by atoms with Crippen molar-refractivity contribution < 1.29 is 24.1 Å². The average Bonchev–Trinajstić information content (AvgIpc) is 2.74. The molecule has 0 saturated carbocycles. The number of nitrogens with zero attached hydrogens (tertiary/aromatic N) is 1. The fourth-order valence-corrected chi connectivity index (χ4v) is 4.15. The normalized spacial score (nSPS) is 23.1. The van der Waals surface area contributed by atoms with Crippen molar-refractivity contribution in [3.8, 4) is 0 Å². The zero-order chi connectivity index (χ0) is 21.5. The van der Waals surface area contributed by atoms with E-state index in [9.17, 15) is 9.59 Å². The number of anilines is 2. The number of morpholine rings is 1. The summed E-state index contributed by atoms with van der Waals surface area (Å²) in [6.45, 7) is 13.4. The summed E-state index contributed by atoms with van der Waals surface area (Å²) in [6, 6.07) is 8.12. The number of piperazine rings is 1. The Kier molecular flexibility index (Phi) is 8.07. The predicted molar refractivity (Wildman–Crippen MR) is 117 cm³/mol. The van der Waals surface area contributed by atoms with Gasteiger partial charge in [-0.05, 0) is 45.0 Å². The van der Waals surface area contributed by atoms with Crippen molar-refractivity contribution in [2.24, 2.45) is 0 Å². The van der Waals surface area contributed by atoms with E-state index in [1.54, 1.807) is 0 Å². The van der Waals surface area contributed by atoms with Gasteiger partial charge in [-0.15, -0.1) is 0 Å². The van der Waals surface area contributed by atoms with Crippen LogP contribution >= 0.6 is 0 Å². The van der Waals surface area contributed by atoms with Gasteiger partial charge in [-0.1, -0.05) is 0 Å². The Morgan fingerprint density at radius 1 is 1.03 bits per heavy atom. The van der Waals surface area contributed by atoms with Gasteiger partial charge >= 0.3 is 0 Å². The van der Waals surface area contributed by atoms with Crippen LogP contribution in [0.2, 0.25) is 0 Å². The van der Waals surface area contributed by atoms with Crippen LogP contribution in [0, 0.1) is 0 Å². The van der Waals surface area contributed by atoms with Crippen LogP contribution in [0.4, 0.5) is 11.4 Å². The molecule has 0 unspecified atom stereocenters. The van der Waals surface area contributed by atoms with E-state index in [1.165, 1.54) is 9.80 Å². The number of nitrogens with one attached hydrogen (secondary N) is 4. The Balaban J connectivity index is 1.44. The second-order valence-electron chi connectivity index (χ2n) is 8.66. The largest absolute Gasteiger partial charge is 0.378 e. The molecule has 1 aromatic rings. The lowest BCUT2D eigenvalue weighted by Crippen LogP contribution is -3.30. The zero-order valence-electron chi connectivity index (χ0n) is 18.5. The van der Waals surface area contributed by atoms with Crippen LogP contribution in [-0.4, -0.2) is 82.9 Å². The average molecular weight is 420 g/mol. The molecule has 2 heterocycles. The van der Waals surface area contributed by atoms with Crippen LogP contribution in [0.3, 0.4) is 0 Å². The Morgan fingerprint density at radius 3 is 2.27 bits per heavy atom. The summed E-state index contributed by atoms with van der Waals surface area (Å²) < 4.78 is 5.40. The van der Waals surface area contributed by atoms with Crippen molar-refractivity contribution in [1.29, 1.82) is 0 Å². The molecule has 2 aliphatic heterocycles. The third-order valence-electron chi connectivity index (χ3n) is 5.98. The van der Waals surface area contributed by atoms with Gasteiger partial charge in [0, 0.05) is 30.5 Å². The Bertz CT molecular complexity index is 695. The number of hydrogen-bond donors (Lipinski definition) is 4. The number of benzene rings is 1. The van der Waals surface area contributed by atoms with E-state index in [0.29, 0.717) is 6.54 Å². The highest BCUT2D eigenvalue weighted by molar-refractivity contribution is 5.93. The number of carbonyl (C=O) groups is 2. The van der Waals surface area contributed by atoms with Gasteiger partial charge in [0.2, 0.25) is 0 Å². The molecule has 8 heteroatoms. The molecule has 8 nitrogen and oxygen atoms in total. The topological polar surface area (TPSA) is 79.5 Å². The van der Waals surface area contributed by atoms with Crippen LogP contribution in [0.25, 0.3) is 0 Å². The van der Waals surface area contributed by atoms with Crippen molar-refractivity contribution >= 4 is 23.2 Å². The number of hydrogen-bond acceptors (Lipinski definition) is 4. The number of quaternary nitrogens is 2. The molecule has 2 saturated heterocycles. The number of ether oxygens (including phenoxy) is 1. The second-order valence-corrected chi connectivity index (χ2v) is 8.66. The standard InChI is InChI=1S/C22H35N5O3/c1-17(2)23-21(28)16-25-8-10-26(11-9-25)18(3)22(29)24-19-4-6-20(7-5-19)27-12-14-30-15-13-27/h4-7,17-18H,8-16H2,1-3H3,(H,23,28)(H,24,29)/p+2/t18-/m0/s1. The lowest BCUT2D eigenvalue weighted by atomic mass is 10.2. The molecule has 1 atom stereocenters. The van der Waals surface area contributed by atoms with E-state index >= 15 is 0 Å². The van der Waals surface area contributed by atoms with Gasteiger partial charge in [-0.3, -0.25) is 9.59 Å². The second kappa shape index (κ2) is 10.7. The minimum absolute atomic E-state index is 0.0464. The van der Waals surface area contributed by atoms with E-state index in [2.05, 4.69) is 27.7 Å². The molecule has 166 valence electrons. The van der Waals surface area contributed by atoms with Gasteiger partial charge in [-0.25, -0.2) is 0 Å². The highest BCUT2D eigenvalue weighted by Crippen LogP contribution is 2.19. The first-order valence-corrected chi connectivity index (χ1v) is 11.1. The molecule has 1 aromatic carbocycles. The highest BCUT2D eigenvalue weighted by Gasteiger charge is 2.31. The molecular formula is C22H37N5O3+2. The van der Waals surface area contributed by atoms with E-state index in [-0.39, 0.29) is 23.9 Å². The van der Waals surface area contributed by atoms with Crippen LogP contribution in [0.15, 0.2) is 24.3 Å². The highest BCUT2D eigenvalue weighted by atomic mass is 16.5. The van der Waals surface area contributed by atoms with Crippen molar-refractivity contribution in [1.82, 2.24) is 5.32 Å². The molecule has 0 bridgehead atoms. The lowest BCUT2D eigenvalue weighted by molar-refractivity contribution is -1.01. The predicted octanol–water partition coefficient (Wildman–Crippen LogP) is -1.84. The van der Waals surface area contributed by atoms with E-state index in [4.69, 9.17) is 4.74 Å².